The Morgan fingerprint density at radius 3 is 2.64 bits per heavy atom. The molecule has 0 radical (unpaired) electrons. The lowest BCUT2D eigenvalue weighted by atomic mass is 10.1. The Morgan fingerprint density at radius 1 is 1.14 bits per heavy atom. The van der Waals surface area contributed by atoms with E-state index in [0.29, 0.717) is 45.8 Å². The minimum absolute atomic E-state index is 0.147. The molecule has 4 heterocycles. The number of pyridine rings is 1. The first kappa shape index (κ1) is 23.6. The summed E-state index contributed by atoms with van der Waals surface area (Å²) in [6.45, 7) is 6.45. The number of nitrogen functional groups attached to an aromatic ring is 1. The molecule has 0 aliphatic rings. The van der Waals surface area contributed by atoms with Crippen molar-refractivity contribution in [2.75, 3.05) is 12.3 Å². The molecule has 0 spiro atoms. The first-order chi connectivity index (χ1) is 17.0. The fraction of sp³-hybridized carbons (Fsp3) is 0.280. The van der Waals surface area contributed by atoms with Crippen LogP contribution in [0.3, 0.4) is 0 Å². The molecule has 0 unspecified atom stereocenters. The Hall–Kier alpha value is -4.15. The van der Waals surface area contributed by atoms with Crippen LogP contribution in [0.15, 0.2) is 48.9 Å². The van der Waals surface area contributed by atoms with Crippen LogP contribution < -0.4 is 5.73 Å². The maximum Gasteiger partial charge on any atom is 0.417 e. The van der Waals surface area contributed by atoms with Gasteiger partial charge in [-0.25, -0.2) is 14.5 Å². The highest BCUT2D eigenvalue weighted by atomic mass is 19.4. The Balaban J connectivity index is 1.50. The summed E-state index contributed by atoms with van der Waals surface area (Å²) >= 11 is 0. The molecule has 8 nitrogen and oxygen atoms in total. The second kappa shape index (κ2) is 8.51. The fourth-order valence-corrected chi connectivity index (χ4v) is 4.35. The van der Waals surface area contributed by atoms with E-state index in [-0.39, 0.29) is 18.4 Å². The highest BCUT2D eigenvalue weighted by Gasteiger charge is 2.31. The molecule has 2 N–H and O–H groups in total. The number of rotatable bonds is 5. The summed E-state index contributed by atoms with van der Waals surface area (Å²) in [5.74, 6) is 0.288. The summed E-state index contributed by atoms with van der Waals surface area (Å²) in [6.07, 6.45) is -0.236. The quantitative estimate of drug-likeness (QED) is 0.380. The molecule has 1 aromatic carbocycles. The zero-order valence-electron chi connectivity index (χ0n) is 19.9. The number of halogens is 3. The van der Waals surface area contributed by atoms with Crippen LogP contribution in [0.5, 0.6) is 0 Å². The van der Waals surface area contributed by atoms with Crippen LogP contribution in [0.4, 0.5) is 19.0 Å². The molecular formula is C25H24F3N7O. The number of benzene rings is 1. The van der Waals surface area contributed by atoms with Gasteiger partial charge in [-0.2, -0.15) is 18.3 Å². The van der Waals surface area contributed by atoms with Crippen LogP contribution in [-0.2, 0) is 12.7 Å². The Labute approximate surface area is 204 Å². The van der Waals surface area contributed by atoms with Crippen LogP contribution in [0.2, 0.25) is 0 Å². The number of carbonyl (C=O) groups is 1. The van der Waals surface area contributed by atoms with E-state index in [1.807, 2.05) is 20.8 Å². The lowest BCUT2D eigenvalue weighted by Gasteiger charge is -2.24. The van der Waals surface area contributed by atoms with Crippen molar-refractivity contribution in [3.63, 3.8) is 0 Å². The van der Waals surface area contributed by atoms with Gasteiger partial charge in [-0.3, -0.25) is 4.79 Å². The number of anilines is 1. The van der Waals surface area contributed by atoms with Crippen molar-refractivity contribution in [2.24, 2.45) is 5.92 Å². The fourth-order valence-electron chi connectivity index (χ4n) is 4.35. The average Bonchev–Trinajstić information content (AvgIpc) is 3.40. The lowest BCUT2D eigenvalue weighted by Crippen LogP contribution is -2.34. The molecular weight excluding hydrogens is 471 g/mol. The van der Waals surface area contributed by atoms with Crippen LogP contribution >= 0.6 is 0 Å². The smallest absolute Gasteiger partial charge is 0.382 e. The van der Waals surface area contributed by atoms with Crippen molar-refractivity contribution < 1.29 is 18.0 Å². The van der Waals surface area contributed by atoms with Gasteiger partial charge in [0.05, 0.1) is 35.0 Å². The molecule has 0 saturated heterocycles. The summed E-state index contributed by atoms with van der Waals surface area (Å²) < 4.78 is 42.3. The van der Waals surface area contributed by atoms with Crippen molar-refractivity contribution in [2.45, 2.75) is 33.5 Å². The molecule has 0 atom stereocenters. The van der Waals surface area contributed by atoms with Gasteiger partial charge in [-0.15, -0.1) is 0 Å². The molecule has 0 aliphatic carbocycles. The summed E-state index contributed by atoms with van der Waals surface area (Å²) in [7, 11) is 0. The SMILES string of the molecule is Cc1cnn2c1c(N)nc1ccc(C(=O)N(Cc3cn4cc(C(F)(F)F)ccc4n3)CC(C)C)cc12. The predicted octanol–water partition coefficient (Wildman–Crippen LogP) is 4.74. The van der Waals surface area contributed by atoms with E-state index in [1.165, 1.54) is 16.7 Å². The molecule has 0 saturated carbocycles. The minimum Gasteiger partial charge on any atom is -0.382 e. The molecule has 36 heavy (non-hydrogen) atoms. The molecule has 11 heteroatoms. The Morgan fingerprint density at radius 2 is 1.92 bits per heavy atom. The van der Waals surface area contributed by atoms with Crippen LogP contribution in [-0.4, -0.2) is 41.3 Å². The third-order valence-electron chi connectivity index (χ3n) is 5.94. The van der Waals surface area contributed by atoms with E-state index in [4.69, 9.17) is 5.73 Å². The van der Waals surface area contributed by atoms with Gasteiger partial charge >= 0.3 is 6.18 Å². The number of hydrogen-bond donors (Lipinski definition) is 1. The molecule has 4 aromatic heterocycles. The summed E-state index contributed by atoms with van der Waals surface area (Å²) in [5, 5.41) is 4.40. The number of alkyl halides is 3. The molecule has 1 amide bonds. The minimum atomic E-state index is -4.45. The van der Waals surface area contributed by atoms with E-state index >= 15 is 0 Å². The zero-order chi connectivity index (χ0) is 25.8. The molecule has 0 aliphatic heterocycles. The third kappa shape index (κ3) is 4.21. The monoisotopic (exact) mass is 495 g/mol. The number of imidazole rings is 1. The van der Waals surface area contributed by atoms with Crippen molar-refractivity contribution >= 4 is 33.9 Å². The van der Waals surface area contributed by atoms with Gasteiger partial charge in [0, 0.05) is 24.5 Å². The predicted molar refractivity (Wildman–Crippen MR) is 129 cm³/mol. The van der Waals surface area contributed by atoms with Gasteiger partial charge in [0.25, 0.3) is 5.91 Å². The molecule has 0 bridgehead atoms. The topological polar surface area (TPSA) is 93.8 Å². The van der Waals surface area contributed by atoms with Crippen LogP contribution in [0.1, 0.15) is 41.0 Å². The average molecular weight is 496 g/mol. The Kier molecular flexibility index (Phi) is 5.57. The van der Waals surface area contributed by atoms with Gasteiger partial charge in [-0.1, -0.05) is 13.8 Å². The van der Waals surface area contributed by atoms with E-state index < -0.39 is 11.7 Å². The third-order valence-corrected chi connectivity index (χ3v) is 5.94. The van der Waals surface area contributed by atoms with Crippen molar-refractivity contribution in [3.8, 4) is 0 Å². The first-order valence-corrected chi connectivity index (χ1v) is 11.4. The van der Waals surface area contributed by atoms with Gasteiger partial charge in [0.15, 0.2) is 5.82 Å². The summed E-state index contributed by atoms with van der Waals surface area (Å²) in [6, 6.07) is 7.46. The maximum absolute atomic E-state index is 13.6. The number of aryl methyl sites for hydroxylation is 1. The maximum atomic E-state index is 13.6. The first-order valence-electron chi connectivity index (χ1n) is 11.4. The number of fused-ring (bicyclic) bond motifs is 4. The summed E-state index contributed by atoms with van der Waals surface area (Å²) in [4.78, 5) is 24.1. The number of carbonyl (C=O) groups excluding carboxylic acids is 1. The summed E-state index contributed by atoms with van der Waals surface area (Å²) in [5.41, 5.74) is 9.46. The highest BCUT2D eigenvalue weighted by Crippen LogP contribution is 2.29. The standard InChI is InChI=1S/C25H24F3N7O/c1-14(2)10-34(13-18-12-33-11-17(25(26,27)28)5-7-21(33)31-18)24(36)16-4-6-19-20(8-16)35-22(23(29)32-19)15(3)9-30-35/h4-9,11-12,14H,10,13H2,1-3H3,(H2,29,32). The number of nitrogens with two attached hydrogens (primary N) is 1. The van der Waals surface area contributed by atoms with E-state index in [9.17, 15) is 18.0 Å². The van der Waals surface area contributed by atoms with Crippen molar-refractivity contribution in [1.29, 1.82) is 0 Å². The van der Waals surface area contributed by atoms with Gasteiger partial charge in [-0.05, 0) is 48.7 Å². The van der Waals surface area contributed by atoms with Crippen molar-refractivity contribution in [3.05, 3.63) is 71.3 Å². The number of hydrogen-bond acceptors (Lipinski definition) is 5. The number of nitrogens with zero attached hydrogens (tertiary/aromatic N) is 6. The van der Waals surface area contributed by atoms with Gasteiger partial charge in [0.1, 0.15) is 11.2 Å². The lowest BCUT2D eigenvalue weighted by molar-refractivity contribution is -0.137. The van der Waals surface area contributed by atoms with Gasteiger partial charge < -0.3 is 15.0 Å². The van der Waals surface area contributed by atoms with Crippen LogP contribution in [0.25, 0.3) is 22.2 Å². The highest BCUT2D eigenvalue weighted by molar-refractivity contribution is 5.98. The molecule has 186 valence electrons. The van der Waals surface area contributed by atoms with E-state index in [1.54, 1.807) is 33.8 Å². The second-order valence-corrected chi connectivity index (χ2v) is 9.28. The van der Waals surface area contributed by atoms with E-state index in [2.05, 4.69) is 15.1 Å². The molecule has 0 fully saturated rings. The van der Waals surface area contributed by atoms with Crippen LogP contribution in [0, 0.1) is 12.8 Å². The molecule has 5 rings (SSSR count). The van der Waals surface area contributed by atoms with Crippen molar-refractivity contribution in [1.82, 2.24) is 28.9 Å². The molecule has 5 aromatic rings. The Bertz CT molecular complexity index is 1620. The normalized spacial score (nSPS) is 12.3. The number of aromatic nitrogens is 5. The van der Waals surface area contributed by atoms with E-state index in [0.717, 1.165) is 17.8 Å². The zero-order valence-corrected chi connectivity index (χ0v) is 19.9. The largest absolute Gasteiger partial charge is 0.417 e. The number of amides is 1. The van der Waals surface area contributed by atoms with Gasteiger partial charge in [0.2, 0.25) is 0 Å². The second-order valence-electron chi connectivity index (χ2n) is 9.28.